The van der Waals surface area contributed by atoms with E-state index in [2.05, 4.69) is 15.0 Å². The number of nitrogens with two attached hydrogens (primary N) is 2. The molecule has 0 saturated carbocycles. The van der Waals surface area contributed by atoms with E-state index in [1.807, 2.05) is 0 Å². The van der Waals surface area contributed by atoms with Gasteiger partial charge in [0.2, 0.25) is 11.9 Å². The van der Waals surface area contributed by atoms with Crippen molar-refractivity contribution < 1.29 is 4.74 Å². The van der Waals surface area contributed by atoms with E-state index >= 15 is 0 Å². The van der Waals surface area contributed by atoms with Gasteiger partial charge in [0.25, 0.3) is 0 Å². The van der Waals surface area contributed by atoms with Gasteiger partial charge in [0.05, 0.1) is 6.10 Å². The molecule has 6 heteroatoms. The first-order chi connectivity index (χ1) is 7.24. The van der Waals surface area contributed by atoms with Crippen LogP contribution in [0.5, 0.6) is 0 Å². The van der Waals surface area contributed by atoms with E-state index in [1.165, 1.54) is 6.42 Å². The fourth-order valence-electron chi connectivity index (χ4n) is 1.72. The van der Waals surface area contributed by atoms with Gasteiger partial charge in [0, 0.05) is 13.0 Å². The zero-order valence-electron chi connectivity index (χ0n) is 8.52. The van der Waals surface area contributed by atoms with E-state index in [0.717, 1.165) is 19.4 Å². The SMILES string of the molecule is Nc1nc(N)nc(CC2CCCCO2)n1. The van der Waals surface area contributed by atoms with Gasteiger partial charge < -0.3 is 16.2 Å². The number of aromatic nitrogens is 3. The Morgan fingerprint density at radius 3 is 2.47 bits per heavy atom. The zero-order valence-corrected chi connectivity index (χ0v) is 8.52. The molecule has 2 heterocycles. The molecular formula is C9H15N5O. The molecule has 0 aromatic carbocycles. The van der Waals surface area contributed by atoms with Gasteiger partial charge in [0.15, 0.2) is 0 Å². The molecule has 2 rings (SSSR count). The second-order valence-electron chi connectivity index (χ2n) is 3.66. The van der Waals surface area contributed by atoms with E-state index in [0.29, 0.717) is 12.2 Å². The van der Waals surface area contributed by atoms with Crippen molar-refractivity contribution in [1.82, 2.24) is 15.0 Å². The summed E-state index contributed by atoms with van der Waals surface area (Å²) in [6.45, 7) is 0.820. The molecule has 0 spiro atoms. The van der Waals surface area contributed by atoms with Crippen LogP contribution in [0.4, 0.5) is 11.9 Å². The predicted molar refractivity (Wildman–Crippen MR) is 55.9 cm³/mol. The number of nitrogen functional groups attached to an aromatic ring is 2. The molecule has 1 atom stereocenters. The van der Waals surface area contributed by atoms with Gasteiger partial charge in [-0.05, 0) is 19.3 Å². The lowest BCUT2D eigenvalue weighted by Crippen LogP contribution is -2.23. The molecule has 1 unspecified atom stereocenters. The summed E-state index contributed by atoms with van der Waals surface area (Å²) >= 11 is 0. The monoisotopic (exact) mass is 209 g/mol. The largest absolute Gasteiger partial charge is 0.378 e. The topological polar surface area (TPSA) is 99.9 Å². The van der Waals surface area contributed by atoms with Crippen LogP contribution in [0.15, 0.2) is 0 Å². The Kier molecular flexibility index (Phi) is 2.96. The Morgan fingerprint density at radius 1 is 1.13 bits per heavy atom. The molecular weight excluding hydrogens is 194 g/mol. The summed E-state index contributed by atoms with van der Waals surface area (Å²) < 4.78 is 5.58. The predicted octanol–water partition coefficient (Wildman–Crippen LogP) is 0.148. The van der Waals surface area contributed by atoms with E-state index in [4.69, 9.17) is 16.2 Å². The third-order valence-corrected chi connectivity index (χ3v) is 2.40. The molecule has 1 aromatic heterocycles. The van der Waals surface area contributed by atoms with Crippen LogP contribution in [-0.4, -0.2) is 27.7 Å². The Morgan fingerprint density at radius 2 is 1.87 bits per heavy atom. The summed E-state index contributed by atoms with van der Waals surface area (Å²) in [4.78, 5) is 11.8. The van der Waals surface area contributed by atoms with Crippen LogP contribution in [0.1, 0.15) is 25.1 Å². The third kappa shape index (κ3) is 2.76. The molecule has 1 fully saturated rings. The molecule has 82 valence electrons. The Labute approximate surface area is 88.1 Å². The molecule has 1 aliphatic heterocycles. The van der Waals surface area contributed by atoms with Gasteiger partial charge in [-0.25, -0.2) is 0 Å². The molecule has 1 aliphatic rings. The minimum atomic E-state index is 0.174. The maximum absolute atomic E-state index is 5.58. The number of hydrogen-bond acceptors (Lipinski definition) is 6. The quantitative estimate of drug-likeness (QED) is 0.719. The molecule has 4 N–H and O–H groups in total. The summed E-state index contributed by atoms with van der Waals surface area (Å²) in [5.74, 6) is 0.966. The lowest BCUT2D eigenvalue weighted by atomic mass is 10.1. The fraction of sp³-hybridized carbons (Fsp3) is 0.667. The van der Waals surface area contributed by atoms with Crippen LogP contribution in [0.25, 0.3) is 0 Å². The Hall–Kier alpha value is -1.43. The van der Waals surface area contributed by atoms with Crippen molar-refractivity contribution in [2.45, 2.75) is 31.8 Å². The lowest BCUT2D eigenvalue weighted by Gasteiger charge is -2.21. The summed E-state index contributed by atoms with van der Waals surface area (Å²) in [5.41, 5.74) is 11.0. The first-order valence-electron chi connectivity index (χ1n) is 5.11. The van der Waals surface area contributed by atoms with Crippen LogP contribution >= 0.6 is 0 Å². The van der Waals surface area contributed by atoms with Gasteiger partial charge in [0.1, 0.15) is 5.82 Å². The third-order valence-electron chi connectivity index (χ3n) is 2.40. The lowest BCUT2D eigenvalue weighted by molar-refractivity contribution is 0.0156. The maximum Gasteiger partial charge on any atom is 0.225 e. The second kappa shape index (κ2) is 4.39. The highest BCUT2D eigenvalue weighted by Crippen LogP contribution is 2.16. The van der Waals surface area contributed by atoms with Gasteiger partial charge in [-0.2, -0.15) is 15.0 Å². The van der Waals surface area contributed by atoms with Crippen LogP contribution < -0.4 is 11.5 Å². The first-order valence-corrected chi connectivity index (χ1v) is 5.11. The number of ether oxygens (including phenoxy) is 1. The van der Waals surface area contributed by atoms with Crippen molar-refractivity contribution in [3.63, 3.8) is 0 Å². The smallest absolute Gasteiger partial charge is 0.225 e. The summed E-state index contributed by atoms with van der Waals surface area (Å²) in [5, 5.41) is 0. The van der Waals surface area contributed by atoms with E-state index in [-0.39, 0.29) is 18.0 Å². The second-order valence-corrected chi connectivity index (χ2v) is 3.66. The van der Waals surface area contributed by atoms with E-state index in [1.54, 1.807) is 0 Å². The highest BCUT2D eigenvalue weighted by Gasteiger charge is 2.16. The average Bonchev–Trinajstić information content (AvgIpc) is 2.17. The molecule has 0 amide bonds. The van der Waals surface area contributed by atoms with Crippen molar-refractivity contribution in [3.05, 3.63) is 5.82 Å². The van der Waals surface area contributed by atoms with E-state index in [9.17, 15) is 0 Å². The van der Waals surface area contributed by atoms with Gasteiger partial charge >= 0.3 is 0 Å². The summed E-state index contributed by atoms with van der Waals surface area (Å²) in [6.07, 6.45) is 4.24. The summed E-state index contributed by atoms with van der Waals surface area (Å²) in [7, 11) is 0. The fourth-order valence-corrected chi connectivity index (χ4v) is 1.72. The zero-order chi connectivity index (χ0) is 10.7. The number of nitrogens with zero attached hydrogens (tertiary/aromatic N) is 3. The van der Waals surface area contributed by atoms with Crippen molar-refractivity contribution in [2.24, 2.45) is 0 Å². The molecule has 1 saturated heterocycles. The molecule has 6 nitrogen and oxygen atoms in total. The minimum Gasteiger partial charge on any atom is -0.378 e. The Bertz CT molecular complexity index is 317. The van der Waals surface area contributed by atoms with Crippen LogP contribution in [0.2, 0.25) is 0 Å². The van der Waals surface area contributed by atoms with Crippen molar-refractivity contribution in [1.29, 1.82) is 0 Å². The van der Waals surface area contributed by atoms with E-state index < -0.39 is 0 Å². The average molecular weight is 209 g/mol. The summed E-state index contributed by atoms with van der Waals surface area (Å²) in [6, 6.07) is 0. The molecule has 15 heavy (non-hydrogen) atoms. The van der Waals surface area contributed by atoms with Crippen molar-refractivity contribution >= 4 is 11.9 Å². The standard InChI is InChI=1S/C9H15N5O/c10-8-12-7(13-9(11)14-8)5-6-3-1-2-4-15-6/h6H,1-5H2,(H4,10,11,12,13,14). The van der Waals surface area contributed by atoms with Gasteiger partial charge in [-0.15, -0.1) is 0 Å². The molecule has 0 radical (unpaired) electrons. The molecule has 1 aromatic rings. The van der Waals surface area contributed by atoms with Crippen LogP contribution in [0.3, 0.4) is 0 Å². The van der Waals surface area contributed by atoms with Crippen molar-refractivity contribution in [3.8, 4) is 0 Å². The number of hydrogen-bond donors (Lipinski definition) is 2. The first kappa shape index (κ1) is 10.1. The number of anilines is 2. The van der Waals surface area contributed by atoms with Crippen LogP contribution in [0, 0.1) is 0 Å². The Balaban J connectivity index is 2.02. The highest BCUT2D eigenvalue weighted by molar-refractivity contribution is 5.25. The minimum absolute atomic E-state index is 0.174. The van der Waals surface area contributed by atoms with Crippen molar-refractivity contribution in [2.75, 3.05) is 18.1 Å². The number of rotatable bonds is 2. The highest BCUT2D eigenvalue weighted by atomic mass is 16.5. The van der Waals surface area contributed by atoms with Gasteiger partial charge in [-0.1, -0.05) is 0 Å². The normalized spacial score (nSPS) is 21.5. The molecule has 0 aliphatic carbocycles. The maximum atomic E-state index is 5.58. The van der Waals surface area contributed by atoms with Crippen LogP contribution in [-0.2, 0) is 11.2 Å². The van der Waals surface area contributed by atoms with Gasteiger partial charge in [-0.3, -0.25) is 0 Å². The molecule has 0 bridgehead atoms.